The van der Waals surface area contributed by atoms with Crippen molar-refractivity contribution in [2.75, 3.05) is 12.0 Å². The van der Waals surface area contributed by atoms with Crippen LogP contribution < -0.4 is 5.73 Å². The first-order valence-electron chi connectivity index (χ1n) is 4.89. The highest BCUT2D eigenvalue weighted by Crippen LogP contribution is 2.28. The van der Waals surface area contributed by atoms with Gasteiger partial charge in [-0.1, -0.05) is 11.8 Å². The van der Waals surface area contributed by atoms with Crippen molar-refractivity contribution in [2.45, 2.75) is 5.16 Å². The quantitative estimate of drug-likeness (QED) is 0.530. The van der Waals surface area contributed by atoms with Crippen LogP contribution in [0.4, 0.5) is 5.82 Å². The van der Waals surface area contributed by atoms with E-state index in [1.807, 2.05) is 6.26 Å². The summed E-state index contributed by atoms with van der Waals surface area (Å²) in [6, 6.07) is 3.58. The van der Waals surface area contributed by atoms with Gasteiger partial charge in [-0.25, -0.2) is 15.0 Å². The number of fused-ring (bicyclic) bond motifs is 1. The Balaban J connectivity index is 2.19. The minimum atomic E-state index is 0.463. The fourth-order valence-electron chi connectivity index (χ4n) is 1.50. The second kappa shape index (κ2) is 3.77. The first-order chi connectivity index (χ1) is 8.28. The van der Waals surface area contributed by atoms with Gasteiger partial charge in [0.2, 0.25) is 0 Å². The molecule has 0 unspecified atom stereocenters. The molecule has 0 bridgehead atoms. The number of anilines is 1. The second-order valence-electron chi connectivity index (χ2n) is 3.36. The van der Waals surface area contributed by atoms with Gasteiger partial charge in [-0.05, 0) is 18.4 Å². The number of aromatic nitrogens is 4. The van der Waals surface area contributed by atoms with Crippen LogP contribution in [-0.4, -0.2) is 26.2 Å². The maximum absolute atomic E-state index is 5.86. The molecule has 1 aromatic heterocycles. The van der Waals surface area contributed by atoms with Crippen molar-refractivity contribution in [3.05, 3.63) is 18.4 Å². The normalized spacial score (nSPS) is 11.1. The molecule has 3 rings (SSSR count). The van der Waals surface area contributed by atoms with Gasteiger partial charge in [0.1, 0.15) is 5.82 Å². The Bertz CT molecular complexity index is 618. The molecule has 1 aromatic rings. The number of nitrogens with zero attached hydrogens (tertiary/aromatic N) is 3. The van der Waals surface area contributed by atoms with Crippen molar-refractivity contribution < 1.29 is 4.42 Å². The molecule has 0 aliphatic carbocycles. The molecule has 2 aliphatic rings. The van der Waals surface area contributed by atoms with Crippen LogP contribution in [0, 0.1) is 0 Å². The standard InChI is InChI=1S/C10H9N5OS/c1-17-10-13-7(11)6-9(15-10)14-8(12-6)5-3-2-4-16-5/h2-4H,1H3,(H3,11,12,13,14,15). The smallest absolute Gasteiger partial charge is 0.198 e. The highest BCUT2D eigenvalue weighted by atomic mass is 32.2. The first-order valence-corrected chi connectivity index (χ1v) is 6.11. The number of furan rings is 1. The van der Waals surface area contributed by atoms with Crippen molar-refractivity contribution in [3.63, 3.8) is 0 Å². The molecule has 0 amide bonds. The lowest BCUT2D eigenvalue weighted by molar-refractivity contribution is 0.578. The van der Waals surface area contributed by atoms with Gasteiger partial charge in [-0.3, -0.25) is 0 Å². The number of nitrogen functional groups attached to an aromatic ring is 1. The van der Waals surface area contributed by atoms with Crippen LogP contribution in [0.5, 0.6) is 0 Å². The number of nitrogens with one attached hydrogen (secondary N) is 1. The third kappa shape index (κ3) is 1.64. The molecule has 0 saturated carbocycles. The fourth-order valence-corrected chi connectivity index (χ4v) is 1.89. The number of H-pyrrole nitrogens is 1. The molecular weight excluding hydrogens is 238 g/mol. The topological polar surface area (TPSA) is 93.6 Å². The summed E-state index contributed by atoms with van der Waals surface area (Å²) >= 11 is 1.47. The number of hydrogen-bond acceptors (Lipinski definition) is 6. The van der Waals surface area contributed by atoms with Gasteiger partial charge in [0.25, 0.3) is 0 Å². The molecule has 0 radical (unpaired) electrons. The highest BCUT2D eigenvalue weighted by Gasteiger charge is 2.19. The lowest BCUT2D eigenvalue weighted by atomic mass is 10.4. The van der Waals surface area contributed by atoms with Crippen molar-refractivity contribution in [1.82, 2.24) is 19.9 Å². The van der Waals surface area contributed by atoms with Gasteiger partial charge >= 0.3 is 0 Å². The first kappa shape index (κ1) is 10.2. The summed E-state index contributed by atoms with van der Waals surface area (Å²) < 4.78 is 5.24. The van der Waals surface area contributed by atoms with E-state index in [1.54, 1.807) is 18.4 Å². The third-order valence-electron chi connectivity index (χ3n) is 2.28. The molecule has 7 heteroatoms. The summed E-state index contributed by atoms with van der Waals surface area (Å²) in [6.45, 7) is 0. The van der Waals surface area contributed by atoms with E-state index < -0.39 is 0 Å². The molecule has 0 spiro atoms. The van der Waals surface area contributed by atoms with Crippen LogP contribution in [0.3, 0.4) is 0 Å². The Morgan fingerprint density at radius 3 is 2.88 bits per heavy atom. The molecule has 86 valence electrons. The van der Waals surface area contributed by atoms with E-state index >= 15 is 0 Å². The Morgan fingerprint density at radius 1 is 1.29 bits per heavy atom. The van der Waals surface area contributed by atoms with E-state index in [2.05, 4.69) is 19.9 Å². The molecule has 6 nitrogen and oxygen atoms in total. The minimum Gasteiger partial charge on any atom is -0.461 e. The van der Waals surface area contributed by atoms with Gasteiger partial charge in [0.05, 0.1) is 6.26 Å². The number of thioether (sulfide) groups is 1. The van der Waals surface area contributed by atoms with Crippen LogP contribution in [0.1, 0.15) is 0 Å². The van der Waals surface area contributed by atoms with Crippen LogP contribution in [0.15, 0.2) is 28.0 Å². The van der Waals surface area contributed by atoms with E-state index in [-0.39, 0.29) is 0 Å². The Hall–Kier alpha value is -2.02. The zero-order valence-electron chi connectivity index (χ0n) is 8.97. The van der Waals surface area contributed by atoms with Gasteiger partial charge < -0.3 is 15.1 Å². The second-order valence-corrected chi connectivity index (χ2v) is 4.15. The molecule has 0 aromatic carbocycles. The van der Waals surface area contributed by atoms with Gasteiger partial charge in [0, 0.05) is 0 Å². The molecule has 2 aliphatic heterocycles. The average molecular weight is 247 g/mol. The van der Waals surface area contributed by atoms with Crippen LogP contribution in [0.25, 0.3) is 23.1 Å². The number of nitrogens with two attached hydrogens (primary N) is 1. The predicted molar refractivity (Wildman–Crippen MR) is 64.7 cm³/mol. The highest BCUT2D eigenvalue weighted by molar-refractivity contribution is 7.98. The van der Waals surface area contributed by atoms with E-state index in [0.717, 1.165) is 0 Å². The maximum Gasteiger partial charge on any atom is 0.198 e. The molecule has 3 N–H and O–H groups in total. The van der Waals surface area contributed by atoms with Crippen molar-refractivity contribution >= 4 is 17.6 Å². The van der Waals surface area contributed by atoms with E-state index in [4.69, 9.17) is 10.2 Å². The van der Waals surface area contributed by atoms with Crippen molar-refractivity contribution in [3.8, 4) is 23.1 Å². The zero-order chi connectivity index (χ0) is 11.8. The van der Waals surface area contributed by atoms with Crippen molar-refractivity contribution in [1.29, 1.82) is 0 Å². The largest absolute Gasteiger partial charge is 0.461 e. The summed E-state index contributed by atoms with van der Waals surface area (Å²) in [5.41, 5.74) is 6.42. The van der Waals surface area contributed by atoms with E-state index in [1.165, 1.54) is 11.8 Å². The monoisotopic (exact) mass is 247 g/mol. The maximum atomic E-state index is 5.86. The third-order valence-corrected chi connectivity index (χ3v) is 2.86. The molecule has 0 atom stereocenters. The Labute approximate surface area is 101 Å². The van der Waals surface area contributed by atoms with Crippen molar-refractivity contribution in [2.24, 2.45) is 0 Å². The molecule has 3 heterocycles. The number of aromatic amines is 1. The van der Waals surface area contributed by atoms with Gasteiger partial charge in [0.15, 0.2) is 28.3 Å². The molecule has 0 fully saturated rings. The van der Waals surface area contributed by atoms with Crippen LogP contribution in [-0.2, 0) is 0 Å². The summed E-state index contributed by atoms with van der Waals surface area (Å²) in [5, 5.41) is 0.709. The Kier molecular flexibility index (Phi) is 2.25. The predicted octanol–water partition coefficient (Wildman–Crippen LogP) is 1.87. The number of imidazole rings is 1. The summed E-state index contributed by atoms with van der Waals surface area (Å²) in [4.78, 5) is 15.8. The molecule has 0 saturated heterocycles. The summed E-state index contributed by atoms with van der Waals surface area (Å²) in [7, 11) is 0. The lowest BCUT2D eigenvalue weighted by Crippen LogP contribution is -1.99. The van der Waals surface area contributed by atoms with Crippen LogP contribution in [0.2, 0.25) is 0 Å². The fraction of sp³-hybridized carbons (Fsp3) is 0.100. The minimum absolute atomic E-state index is 0.463. The molecular formula is C10H9N5OS. The summed E-state index contributed by atoms with van der Waals surface area (Å²) in [5.74, 6) is 2.09. The van der Waals surface area contributed by atoms with E-state index in [0.29, 0.717) is 34.1 Å². The van der Waals surface area contributed by atoms with Gasteiger partial charge in [-0.15, -0.1) is 0 Å². The Morgan fingerprint density at radius 2 is 2.18 bits per heavy atom. The molecule has 17 heavy (non-hydrogen) atoms. The number of hydrogen-bond donors (Lipinski definition) is 2. The lowest BCUT2D eigenvalue weighted by Gasteiger charge is -2.02. The number of rotatable bonds is 2. The van der Waals surface area contributed by atoms with E-state index in [9.17, 15) is 0 Å². The average Bonchev–Trinajstić information content (AvgIpc) is 2.96. The zero-order valence-corrected chi connectivity index (χ0v) is 9.78. The van der Waals surface area contributed by atoms with Crippen LogP contribution >= 0.6 is 11.8 Å². The summed E-state index contributed by atoms with van der Waals surface area (Å²) in [6.07, 6.45) is 3.49. The van der Waals surface area contributed by atoms with Gasteiger partial charge in [-0.2, -0.15) is 0 Å². The SMILES string of the molecule is CSc1nc2nc(-c3ccco3)nc-2c(N)[nH]1.